The zero-order valence-electron chi connectivity index (χ0n) is 15.6. The van der Waals surface area contributed by atoms with E-state index in [-0.39, 0.29) is 0 Å². The van der Waals surface area contributed by atoms with Gasteiger partial charge in [-0.15, -0.1) is 11.3 Å². The van der Waals surface area contributed by atoms with E-state index in [2.05, 4.69) is 40.6 Å². The van der Waals surface area contributed by atoms with Crippen molar-refractivity contribution in [1.82, 2.24) is 24.6 Å². The van der Waals surface area contributed by atoms with Gasteiger partial charge < -0.3 is 4.90 Å². The molecule has 5 nitrogen and oxygen atoms in total. The molecule has 1 saturated heterocycles. The Morgan fingerprint density at radius 2 is 2.12 bits per heavy atom. The quantitative estimate of drug-likeness (QED) is 0.793. The minimum Gasteiger partial charge on any atom is -0.300 e. The molecule has 0 N–H and O–H groups in total. The Labute approximate surface area is 154 Å². The normalized spacial score (nSPS) is 25.0. The van der Waals surface area contributed by atoms with Gasteiger partial charge in [-0.1, -0.05) is 0 Å². The lowest BCUT2D eigenvalue weighted by Crippen LogP contribution is -2.40. The molecule has 0 radical (unpaired) electrons. The molecule has 0 bridgehead atoms. The van der Waals surface area contributed by atoms with E-state index < -0.39 is 0 Å². The number of hydrogen-bond donors (Lipinski definition) is 0. The molecule has 3 heterocycles. The molecule has 2 aromatic heterocycles. The van der Waals surface area contributed by atoms with Crippen LogP contribution in [0, 0.1) is 5.92 Å². The zero-order chi connectivity index (χ0) is 17.4. The van der Waals surface area contributed by atoms with Crippen molar-refractivity contribution < 1.29 is 0 Å². The highest BCUT2D eigenvalue weighted by atomic mass is 32.1. The molecule has 0 spiro atoms. The van der Waals surface area contributed by atoms with E-state index in [4.69, 9.17) is 4.98 Å². The first-order valence-electron chi connectivity index (χ1n) is 9.42. The minimum atomic E-state index is 0.474. The van der Waals surface area contributed by atoms with Gasteiger partial charge in [0.2, 0.25) is 0 Å². The fraction of sp³-hybridized carbons (Fsp3) is 0.684. The van der Waals surface area contributed by atoms with E-state index in [0.29, 0.717) is 12.0 Å². The molecular weight excluding hydrogens is 330 g/mol. The molecular formula is C19H29N5S. The Morgan fingerprint density at radius 1 is 1.28 bits per heavy atom. The lowest BCUT2D eigenvalue weighted by molar-refractivity contribution is 0.0923. The van der Waals surface area contributed by atoms with E-state index in [0.717, 1.165) is 19.0 Å². The summed E-state index contributed by atoms with van der Waals surface area (Å²) in [6.45, 7) is 3.25. The molecule has 2 fully saturated rings. The summed E-state index contributed by atoms with van der Waals surface area (Å²) in [5.41, 5.74) is 2.60. The van der Waals surface area contributed by atoms with Crippen LogP contribution in [0.4, 0.5) is 0 Å². The molecule has 1 aliphatic heterocycles. The largest absolute Gasteiger partial charge is 0.300 e. The second kappa shape index (κ2) is 7.17. The van der Waals surface area contributed by atoms with Crippen molar-refractivity contribution in [1.29, 1.82) is 0 Å². The average molecular weight is 360 g/mol. The van der Waals surface area contributed by atoms with E-state index in [9.17, 15) is 0 Å². The van der Waals surface area contributed by atoms with Gasteiger partial charge in [0, 0.05) is 49.2 Å². The third kappa shape index (κ3) is 3.96. The summed E-state index contributed by atoms with van der Waals surface area (Å²) < 4.78 is 1.92. The van der Waals surface area contributed by atoms with Crippen LogP contribution in [0.25, 0.3) is 0 Å². The maximum absolute atomic E-state index is 4.85. The van der Waals surface area contributed by atoms with Gasteiger partial charge in [0.25, 0.3) is 0 Å². The third-order valence-electron chi connectivity index (χ3n) is 5.55. The second-order valence-electron chi connectivity index (χ2n) is 7.92. The minimum absolute atomic E-state index is 0.474. The fourth-order valence-corrected chi connectivity index (χ4v) is 5.21. The van der Waals surface area contributed by atoms with Crippen molar-refractivity contribution >= 4 is 11.3 Å². The molecule has 0 unspecified atom stereocenters. The van der Waals surface area contributed by atoms with Crippen LogP contribution < -0.4 is 0 Å². The summed E-state index contributed by atoms with van der Waals surface area (Å²) in [5.74, 6) is 1.42. The molecule has 2 aromatic rings. The topological polar surface area (TPSA) is 37.2 Å². The van der Waals surface area contributed by atoms with Crippen LogP contribution in [0.3, 0.4) is 0 Å². The number of thiazole rings is 1. The highest BCUT2D eigenvalue weighted by Crippen LogP contribution is 2.41. The molecule has 25 heavy (non-hydrogen) atoms. The van der Waals surface area contributed by atoms with E-state index in [1.807, 2.05) is 29.3 Å². The van der Waals surface area contributed by atoms with Gasteiger partial charge in [-0.2, -0.15) is 5.10 Å². The summed E-state index contributed by atoms with van der Waals surface area (Å²) in [6.07, 6.45) is 9.48. The summed E-state index contributed by atoms with van der Waals surface area (Å²) in [7, 11) is 6.50. The number of piperidine rings is 1. The first kappa shape index (κ1) is 17.2. The summed E-state index contributed by atoms with van der Waals surface area (Å²) in [4.78, 5) is 9.82. The predicted molar refractivity (Wildman–Crippen MR) is 102 cm³/mol. The van der Waals surface area contributed by atoms with Crippen LogP contribution >= 0.6 is 11.3 Å². The summed E-state index contributed by atoms with van der Waals surface area (Å²) in [5, 5.41) is 8.02. The number of nitrogens with zero attached hydrogens (tertiary/aromatic N) is 5. The van der Waals surface area contributed by atoms with Crippen LogP contribution in [0.2, 0.25) is 0 Å². The van der Waals surface area contributed by atoms with Crippen molar-refractivity contribution in [2.24, 2.45) is 13.0 Å². The average Bonchev–Trinajstić information content (AvgIpc) is 3.18. The monoisotopic (exact) mass is 359 g/mol. The van der Waals surface area contributed by atoms with E-state index in [1.165, 1.54) is 48.5 Å². The maximum Gasteiger partial charge on any atom is 0.0959 e. The van der Waals surface area contributed by atoms with Gasteiger partial charge in [0.1, 0.15) is 0 Å². The van der Waals surface area contributed by atoms with E-state index in [1.54, 1.807) is 0 Å². The predicted octanol–water partition coefficient (Wildman–Crippen LogP) is 3.27. The second-order valence-corrected chi connectivity index (χ2v) is 8.81. The number of likely N-dealkylation sites (tertiary alicyclic amines) is 1. The number of hydrogen-bond acceptors (Lipinski definition) is 5. The fourth-order valence-electron chi connectivity index (χ4n) is 4.22. The van der Waals surface area contributed by atoms with Gasteiger partial charge in [-0.25, -0.2) is 4.98 Å². The van der Waals surface area contributed by atoms with Gasteiger partial charge >= 0.3 is 0 Å². The SMILES string of the molecule is CN(Cc1csc(C2CC2)n1)C[C@@H]1CCCN(C)[C@H]1c1cnn(C)c1. The molecule has 6 heteroatoms. The molecule has 2 atom stereocenters. The van der Waals surface area contributed by atoms with Crippen LogP contribution in [0.1, 0.15) is 53.9 Å². The molecule has 2 aliphatic rings. The van der Waals surface area contributed by atoms with Crippen LogP contribution in [0.5, 0.6) is 0 Å². The Kier molecular flexibility index (Phi) is 4.93. The molecule has 0 amide bonds. The van der Waals surface area contributed by atoms with Crippen LogP contribution in [-0.4, -0.2) is 51.7 Å². The standard InChI is InChI=1S/C19H29N5S/c1-22(12-17-13-25-19(21-17)14-6-7-14)10-15-5-4-8-23(2)18(15)16-9-20-24(3)11-16/h9,11,13-15,18H,4-8,10,12H2,1-3H3/t15-,18+/m0/s1. The van der Waals surface area contributed by atoms with Gasteiger partial charge in [0.05, 0.1) is 16.9 Å². The lowest BCUT2D eigenvalue weighted by atomic mass is 9.86. The molecule has 4 rings (SSSR count). The molecule has 136 valence electrons. The number of aromatic nitrogens is 3. The Hall–Kier alpha value is -1.24. The summed E-state index contributed by atoms with van der Waals surface area (Å²) >= 11 is 1.85. The number of aryl methyl sites for hydroxylation is 1. The third-order valence-corrected chi connectivity index (χ3v) is 6.60. The first-order chi connectivity index (χ1) is 12.1. The van der Waals surface area contributed by atoms with Gasteiger partial charge in [-0.3, -0.25) is 9.58 Å². The van der Waals surface area contributed by atoms with Crippen molar-refractivity contribution in [3.8, 4) is 0 Å². The smallest absolute Gasteiger partial charge is 0.0959 e. The Bertz CT molecular complexity index is 704. The van der Waals surface area contributed by atoms with Crippen molar-refractivity contribution in [3.63, 3.8) is 0 Å². The Balaban J connectivity index is 1.41. The summed E-state index contributed by atoms with van der Waals surface area (Å²) in [6, 6.07) is 0.474. The molecule has 0 aromatic carbocycles. The molecule has 1 saturated carbocycles. The van der Waals surface area contributed by atoms with Crippen molar-refractivity contribution in [3.05, 3.63) is 34.0 Å². The number of rotatable bonds is 6. The first-order valence-corrected chi connectivity index (χ1v) is 10.3. The maximum atomic E-state index is 4.85. The van der Waals surface area contributed by atoms with Crippen LogP contribution in [-0.2, 0) is 13.6 Å². The Morgan fingerprint density at radius 3 is 2.84 bits per heavy atom. The molecule has 1 aliphatic carbocycles. The van der Waals surface area contributed by atoms with Gasteiger partial charge in [-0.05, 0) is 52.2 Å². The highest BCUT2D eigenvalue weighted by molar-refractivity contribution is 7.09. The highest BCUT2D eigenvalue weighted by Gasteiger charge is 2.32. The zero-order valence-corrected chi connectivity index (χ0v) is 16.4. The van der Waals surface area contributed by atoms with E-state index >= 15 is 0 Å². The van der Waals surface area contributed by atoms with Crippen LogP contribution in [0.15, 0.2) is 17.8 Å². The van der Waals surface area contributed by atoms with Crippen molar-refractivity contribution in [2.75, 3.05) is 27.2 Å². The van der Waals surface area contributed by atoms with Crippen molar-refractivity contribution in [2.45, 2.75) is 44.2 Å². The lowest BCUT2D eigenvalue weighted by Gasteiger charge is -2.40. The van der Waals surface area contributed by atoms with Gasteiger partial charge in [0.15, 0.2) is 0 Å².